The number of allylic oxidation sites excluding steroid dienone is 1. The van der Waals surface area contributed by atoms with Crippen LogP contribution in [0.4, 0.5) is 0 Å². The summed E-state index contributed by atoms with van der Waals surface area (Å²) in [6.45, 7) is 5.36. The summed E-state index contributed by atoms with van der Waals surface area (Å²) in [5.41, 5.74) is 0.102. The lowest BCUT2D eigenvalue weighted by molar-refractivity contribution is -0.126. The Labute approximate surface area is 143 Å². The van der Waals surface area contributed by atoms with Gasteiger partial charge in [-0.25, -0.2) is 4.79 Å². The highest BCUT2D eigenvalue weighted by atomic mass is 16.5. The van der Waals surface area contributed by atoms with E-state index in [9.17, 15) is 9.59 Å². The van der Waals surface area contributed by atoms with Crippen LogP contribution in [-0.4, -0.2) is 11.4 Å². The Morgan fingerprint density at radius 1 is 1.12 bits per heavy atom. The van der Waals surface area contributed by atoms with E-state index in [2.05, 4.69) is 0 Å². The fourth-order valence-electron chi connectivity index (χ4n) is 2.85. The Morgan fingerprint density at radius 3 is 2.64 bits per heavy atom. The maximum Gasteiger partial charge on any atom is 0.336 e. The Bertz CT molecular complexity index is 1140. The molecule has 5 heteroatoms. The first-order valence-electron chi connectivity index (χ1n) is 7.92. The summed E-state index contributed by atoms with van der Waals surface area (Å²) in [4.78, 5) is 23.3. The van der Waals surface area contributed by atoms with Gasteiger partial charge in [-0.1, -0.05) is 0 Å². The van der Waals surface area contributed by atoms with E-state index < -0.39 is 5.60 Å². The van der Waals surface area contributed by atoms with Crippen molar-refractivity contribution in [1.29, 1.82) is 0 Å². The largest absolute Gasteiger partial charge is 0.479 e. The standard InChI is InChI=1S/C20H16O5/c1-11(15-9-18(21)20(2,3)25-15)6-17-14-7-12-4-5-19(22)24-16(12)8-13(14)10-23-17/h4-10H,1-3H3/b11-6+. The fourth-order valence-corrected chi connectivity index (χ4v) is 2.85. The lowest BCUT2D eigenvalue weighted by atomic mass is 10.1. The van der Waals surface area contributed by atoms with Crippen molar-refractivity contribution in [3.8, 4) is 0 Å². The van der Waals surface area contributed by atoms with Gasteiger partial charge in [0.2, 0.25) is 5.78 Å². The minimum Gasteiger partial charge on any atom is -0.479 e. The van der Waals surface area contributed by atoms with E-state index in [1.807, 2.05) is 19.1 Å². The van der Waals surface area contributed by atoms with Gasteiger partial charge in [0, 0.05) is 28.3 Å². The number of ketones is 1. The molecule has 1 aliphatic rings. The maximum absolute atomic E-state index is 11.9. The third-order valence-electron chi connectivity index (χ3n) is 4.33. The van der Waals surface area contributed by atoms with Crippen molar-refractivity contribution in [2.75, 3.05) is 0 Å². The van der Waals surface area contributed by atoms with Crippen LogP contribution in [0.15, 0.2) is 61.6 Å². The number of fused-ring (bicyclic) bond motifs is 2. The number of ether oxygens (including phenoxy) is 1. The van der Waals surface area contributed by atoms with Gasteiger partial charge >= 0.3 is 5.63 Å². The molecule has 0 saturated heterocycles. The number of hydrogen-bond donors (Lipinski definition) is 0. The molecular formula is C20H16O5. The van der Waals surface area contributed by atoms with Gasteiger partial charge in [-0.15, -0.1) is 0 Å². The molecule has 126 valence electrons. The summed E-state index contributed by atoms with van der Waals surface area (Å²) in [5.74, 6) is 1.15. The number of rotatable bonds is 2. The summed E-state index contributed by atoms with van der Waals surface area (Å²) in [6, 6.07) is 6.80. The third kappa shape index (κ3) is 2.58. The molecule has 3 heterocycles. The maximum atomic E-state index is 11.9. The average molecular weight is 336 g/mol. The smallest absolute Gasteiger partial charge is 0.336 e. The Balaban J connectivity index is 1.79. The van der Waals surface area contributed by atoms with Crippen LogP contribution >= 0.6 is 0 Å². The van der Waals surface area contributed by atoms with Crippen LogP contribution in [0.1, 0.15) is 26.5 Å². The molecule has 0 radical (unpaired) electrons. The molecule has 0 N–H and O–H groups in total. The van der Waals surface area contributed by atoms with Crippen molar-refractivity contribution in [2.24, 2.45) is 0 Å². The van der Waals surface area contributed by atoms with Crippen molar-refractivity contribution >= 4 is 33.6 Å². The molecule has 0 amide bonds. The summed E-state index contributed by atoms with van der Waals surface area (Å²) >= 11 is 0. The molecule has 0 bridgehead atoms. The second-order valence-corrected chi connectivity index (χ2v) is 6.64. The van der Waals surface area contributed by atoms with Crippen LogP contribution < -0.4 is 5.63 Å². The number of carbonyl (C=O) groups is 1. The van der Waals surface area contributed by atoms with Crippen LogP contribution in [0.5, 0.6) is 0 Å². The highest BCUT2D eigenvalue weighted by Gasteiger charge is 2.35. The lowest BCUT2D eigenvalue weighted by Gasteiger charge is -2.18. The first kappa shape index (κ1) is 15.4. The second kappa shape index (κ2) is 5.21. The molecule has 0 aliphatic carbocycles. The number of benzene rings is 1. The second-order valence-electron chi connectivity index (χ2n) is 6.64. The van der Waals surface area contributed by atoms with Crippen molar-refractivity contribution < 1.29 is 18.4 Å². The molecule has 5 nitrogen and oxygen atoms in total. The van der Waals surface area contributed by atoms with Gasteiger partial charge in [0.1, 0.15) is 17.1 Å². The van der Waals surface area contributed by atoms with Crippen molar-refractivity contribution in [2.45, 2.75) is 26.4 Å². The van der Waals surface area contributed by atoms with E-state index in [0.29, 0.717) is 17.1 Å². The highest BCUT2D eigenvalue weighted by Crippen LogP contribution is 2.32. The van der Waals surface area contributed by atoms with E-state index in [-0.39, 0.29) is 11.4 Å². The quantitative estimate of drug-likeness (QED) is 0.656. The van der Waals surface area contributed by atoms with Crippen LogP contribution in [0.25, 0.3) is 27.8 Å². The Kier molecular flexibility index (Phi) is 3.22. The summed E-state index contributed by atoms with van der Waals surface area (Å²) in [5, 5.41) is 2.54. The minimum absolute atomic E-state index is 0.0550. The van der Waals surface area contributed by atoms with Gasteiger partial charge < -0.3 is 13.6 Å². The molecular weight excluding hydrogens is 320 g/mol. The van der Waals surface area contributed by atoms with Crippen LogP contribution in [0.2, 0.25) is 0 Å². The average Bonchev–Trinajstić information content (AvgIpc) is 3.06. The van der Waals surface area contributed by atoms with E-state index in [1.54, 1.807) is 32.2 Å². The predicted molar refractivity (Wildman–Crippen MR) is 94.2 cm³/mol. The molecule has 25 heavy (non-hydrogen) atoms. The van der Waals surface area contributed by atoms with Crippen molar-refractivity contribution in [1.82, 2.24) is 0 Å². The Morgan fingerprint density at radius 2 is 1.92 bits per heavy atom. The van der Waals surface area contributed by atoms with E-state index in [4.69, 9.17) is 13.6 Å². The van der Waals surface area contributed by atoms with Crippen LogP contribution in [-0.2, 0) is 9.53 Å². The summed E-state index contributed by atoms with van der Waals surface area (Å²) < 4.78 is 16.6. The molecule has 1 aromatic carbocycles. The third-order valence-corrected chi connectivity index (χ3v) is 4.33. The molecule has 4 rings (SSSR count). The zero-order chi connectivity index (χ0) is 17.8. The normalized spacial score (nSPS) is 17.2. The monoisotopic (exact) mass is 336 g/mol. The van der Waals surface area contributed by atoms with Crippen LogP contribution in [0, 0.1) is 0 Å². The zero-order valence-corrected chi connectivity index (χ0v) is 14.1. The zero-order valence-electron chi connectivity index (χ0n) is 14.1. The van der Waals surface area contributed by atoms with Crippen molar-refractivity contribution in [3.05, 3.63) is 64.1 Å². The molecule has 0 saturated carbocycles. The number of carbonyl (C=O) groups excluding carboxylic acids is 1. The number of furan rings is 1. The molecule has 1 aliphatic heterocycles. The van der Waals surface area contributed by atoms with E-state index in [1.165, 1.54) is 12.1 Å². The summed E-state index contributed by atoms with van der Waals surface area (Å²) in [6.07, 6.45) is 4.97. The van der Waals surface area contributed by atoms with E-state index in [0.717, 1.165) is 21.7 Å². The molecule has 3 aromatic rings. The van der Waals surface area contributed by atoms with E-state index >= 15 is 0 Å². The topological polar surface area (TPSA) is 69.7 Å². The SMILES string of the molecule is C/C(=C\c1occ2cc3oc(=O)ccc3cc12)C1=CC(=O)C(C)(C)O1. The fraction of sp³-hybridized carbons (Fsp3) is 0.200. The van der Waals surface area contributed by atoms with Gasteiger partial charge in [-0.2, -0.15) is 0 Å². The van der Waals surface area contributed by atoms with Crippen LogP contribution in [0.3, 0.4) is 0 Å². The lowest BCUT2D eigenvalue weighted by Crippen LogP contribution is -2.27. The molecule has 0 atom stereocenters. The van der Waals surface area contributed by atoms with Gasteiger partial charge in [-0.3, -0.25) is 4.79 Å². The molecule has 0 spiro atoms. The first-order chi connectivity index (χ1) is 11.8. The number of hydrogen-bond acceptors (Lipinski definition) is 5. The first-order valence-corrected chi connectivity index (χ1v) is 7.92. The predicted octanol–water partition coefficient (Wildman–Crippen LogP) is 4.20. The van der Waals surface area contributed by atoms with Gasteiger partial charge in [0.05, 0.1) is 6.26 Å². The minimum atomic E-state index is -0.830. The van der Waals surface area contributed by atoms with Crippen molar-refractivity contribution in [3.63, 3.8) is 0 Å². The highest BCUT2D eigenvalue weighted by molar-refractivity contribution is 6.01. The molecule has 0 unspecified atom stereocenters. The van der Waals surface area contributed by atoms with Gasteiger partial charge in [0.25, 0.3) is 0 Å². The molecule has 0 fully saturated rings. The Hall–Kier alpha value is -3.08. The molecule has 2 aromatic heterocycles. The summed E-state index contributed by atoms with van der Waals surface area (Å²) in [7, 11) is 0. The van der Waals surface area contributed by atoms with Gasteiger partial charge in [-0.05, 0) is 50.6 Å². The van der Waals surface area contributed by atoms with Gasteiger partial charge in [0.15, 0.2) is 5.60 Å².